The second kappa shape index (κ2) is 8.11. The summed E-state index contributed by atoms with van der Waals surface area (Å²) in [4.78, 5) is 22.8. The van der Waals surface area contributed by atoms with Gasteiger partial charge in [0.1, 0.15) is 11.6 Å². The predicted molar refractivity (Wildman–Crippen MR) is 139 cm³/mol. The van der Waals surface area contributed by atoms with Crippen LogP contribution in [0.3, 0.4) is 0 Å². The fourth-order valence-corrected chi connectivity index (χ4v) is 6.02. The van der Waals surface area contributed by atoms with Crippen molar-refractivity contribution in [1.82, 2.24) is 19.9 Å². The molecule has 7 rings (SSSR count). The molecule has 37 heavy (non-hydrogen) atoms. The Hall–Kier alpha value is -3.79. The molecule has 0 bridgehead atoms. The van der Waals surface area contributed by atoms with Crippen LogP contribution in [0.4, 0.5) is 21.8 Å². The quantitative estimate of drug-likeness (QED) is 0.423. The Balaban J connectivity index is 1.26. The number of aromatic nitrogens is 4. The molecule has 1 atom stereocenters. The fourth-order valence-electron chi connectivity index (χ4n) is 6.02. The van der Waals surface area contributed by atoms with Gasteiger partial charge in [-0.2, -0.15) is 9.97 Å². The lowest BCUT2D eigenvalue weighted by atomic mass is 10.0. The molecule has 3 fully saturated rings. The average molecular weight is 501 g/mol. The molecule has 190 valence electrons. The summed E-state index contributed by atoms with van der Waals surface area (Å²) < 4.78 is 20.7. The second-order valence-electron chi connectivity index (χ2n) is 10.5. The summed E-state index contributed by atoms with van der Waals surface area (Å²) >= 11 is 0. The van der Waals surface area contributed by atoms with Crippen molar-refractivity contribution in [3.8, 4) is 22.9 Å². The fraction of sp³-hybridized carbons (Fsp3) is 0.407. The molecule has 2 saturated heterocycles. The average Bonchev–Trinajstić information content (AvgIpc) is 3.22. The van der Waals surface area contributed by atoms with Gasteiger partial charge in [0.2, 0.25) is 5.95 Å². The third kappa shape index (κ3) is 3.61. The van der Waals surface area contributed by atoms with Crippen LogP contribution < -0.4 is 25.6 Å². The highest BCUT2D eigenvalue weighted by Crippen LogP contribution is 2.54. The number of benzene rings is 1. The molecule has 2 aliphatic heterocycles. The first-order valence-corrected chi connectivity index (χ1v) is 12.8. The van der Waals surface area contributed by atoms with Crippen LogP contribution >= 0.6 is 0 Å². The summed E-state index contributed by atoms with van der Waals surface area (Å²) in [5.41, 5.74) is 12.0. The van der Waals surface area contributed by atoms with Gasteiger partial charge >= 0.3 is 6.01 Å². The van der Waals surface area contributed by atoms with E-state index in [1.807, 2.05) is 4.90 Å². The van der Waals surface area contributed by atoms with E-state index in [4.69, 9.17) is 20.4 Å². The topological polar surface area (TPSA) is 105 Å². The summed E-state index contributed by atoms with van der Waals surface area (Å²) in [7, 11) is 1.80. The minimum atomic E-state index is -0.295. The van der Waals surface area contributed by atoms with Crippen LogP contribution in [-0.2, 0) is 6.42 Å². The number of allylic oxidation sites excluding steroid dienone is 1. The van der Waals surface area contributed by atoms with E-state index >= 15 is 0 Å². The Kier molecular flexibility index (Phi) is 4.91. The molecule has 3 aromatic rings. The second-order valence-corrected chi connectivity index (χ2v) is 10.5. The van der Waals surface area contributed by atoms with Crippen LogP contribution in [0.5, 0.6) is 11.8 Å². The molecule has 1 aromatic carbocycles. The van der Waals surface area contributed by atoms with E-state index in [2.05, 4.69) is 26.8 Å². The van der Waals surface area contributed by atoms with Gasteiger partial charge in [-0.1, -0.05) is 6.58 Å². The number of nitrogens with zero attached hydrogens (tertiary/aromatic N) is 6. The predicted octanol–water partition coefficient (Wildman–Crippen LogP) is 3.85. The molecule has 4 aliphatic rings. The van der Waals surface area contributed by atoms with Crippen molar-refractivity contribution in [2.45, 2.75) is 38.1 Å². The van der Waals surface area contributed by atoms with Gasteiger partial charge in [-0.25, -0.2) is 14.4 Å². The molecule has 3 N–H and O–H groups in total. The van der Waals surface area contributed by atoms with Gasteiger partial charge in [0, 0.05) is 61.5 Å². The van der Waals surface area contributed by atoms with Crippen LogP contribution in [-0.4, -0.2) is 52.7 Å². The van der Waals surface area contributed by atoms with Gasteiger partial charge in [-0.15, -0.1) is 0 Å². The Morgan fingerprint density at radius 1 is 1.22 bits per heavy atom. The smallest absolute Gasteiger partial charge is 0.324 e. The van der Waals surface area contributed by atoms with Crippen molar-refractivity contribution in [1.29, 1.82) is 0 Å². The molecule has 0 unspecified atom stereocenters. The van der Waals surface area contributed by atoms with E-state index < -0.39 is 0 Å². The van der Waals surface area contributed by atoms with E-state index in [-0.39, 0.29) is 23.3 Å². The molecule has 0 amide bonds. The van der Waals surface area contributed by atoms with E-state index in [9.17, 15) is 4.39 Å². The third-order valence-corrected chi connectivity index (χ3v) is 8.24. The standard InChI is InChI=1S/C27H29FN8O/c1-15-4-3-7-36(15)25-31-11-17(12-32-25)37-26-33-21-10-18-19(8-16(28)9-20(18)30-2)23(21)24(34-26)35-13-22(29)27(14-35)5-6-27/h8-9,11-12,22,30H,1,3-7,10,13-14,29H2,2H3/t22-/m0/s1. The van der Waals surface area contributed by atoms with Crippen molar-refractivity contribution in [2.24, 2.45) is 11.1 Å². The maximum Gasteiger partial charge on any atom is 0.324 e. The molecule has 0 radical (unpaired) electrons. The lowest BCUT2D eigenvalue weighted by Crippen LogP contribution is -2.30. The number of nitrogens with one attached hydrogen (secondary N) is 1. The molecular formula is C27H29FN8O. The summed E-state index contributed by atoms with van der Waals surface area (Å²) in [6, 6.07) is 3.41. The highest BCUT2D eigenvalue weighted by molar-refractivity contribution is 5.88. The van der Waals surface area contributed by atoms with Crippen molar-refractivity contribution >= 4 is 17.5 Å². The van der Waals surface area contributed by atoms with Crippen molar-refractivity contribution in [2.75, 3.05) is 41.8 Å². The molecule has 9 nitrogen and oxygen atoms in total. The van der Waals surface area contributed by atoms with Crippen LogP contribution in [0.15, 0.2) is 36.8 Å². The number of fused-ring (bicyclic) bond motifs is 3. The normalized spacial score (nSPS) is 20.9. The Bertz CT molecular complexity index is 1420. The van der Waals surface area contributed by atoms with E-state index in [1.165, 1.54) is 6.07 Å². The molecule has 2 aromatic heterocycles. The number of hydrogen-bond acceptors (Lipinski definition) is 9. The molecule has 4 heterocycles. The summed E-state index contributed by atoms with van der Waals surface area (Å²) in [5.74, 6) is 1.52. The molecular weight excluding hydrogens is 471 g/mol. The molecule has 2 aliphatic carbocycles. The van der Waals surface area contributed by atoms with Crippen LogP contribution in [0.2, 0.25) is 0 Å². The number of hydrogen-bond donors (Lipinski definition) is 2. The van der Waals surface area contributed by atoms with E-state index in [0.717, 1.165) is 78.4 Å². The third-order valence-electron chi connectivity index (χ3n) is 8.24. The molecule has 1 saturated carbocycles. The van der Waals surface area contributed by atoms with Crippen LogP contribution in [0.1, 0.15) is 36.9 Å². The van der Waals surface area contributed by atoms with Gasteiger partial charge in [0.05, 0.1) is 18.1 Å². The summed E-state index contributed by atoms with van der Waals surface area (Å²) in [5, 5.41) is 3.13. The van der Waals surface area contributed by atoms with Gasteiger partial charge < -0.3 is 25.6 Å². The van der Waals surface area contributed by atoms with E-state index in [1.54, 1.807) is 25.5 Å². The van der Waals surface area contributed by atoms with E-state index in [0.29, 0.717) is 24.7 Å². The minimum absolute atomic E-state index is 0.0880. The lowest BCUT2D eigenvalue weighted by molar-refractivity contribution is 0.436. The summed E-state index contributed by atoms with van der Waals surface area (Å²) in [6.07, 6.45) is 8.10. The van der Waals surface area contributed by atoms with Gasteiger partial charge in [0.15, 0.2) is 5.75 Å². The largest absolute Gasteiger partial charge is 0.421 e. The number of halogens is 1. The zero-order valence-electron chi connectivity index (χ0n) is 20.8. The Morgan fingerprint density at radius 3 is 2.70 bits per heavy atom. The highest BCUT2D eigenvalue weighted by atomic mass is 19.1. The molecule has 1 spiro atoms. The first-order chi connectivity index (χ1) is 17.9. The van der Waals surface area contributed by atoms with Crippen LogP contribution in [0.25, 0.3) is 11.1 Å². The van der Waals surface area contributed by atoms with Crippen molar-refractivity contribution in [3.63, 3.8) is 0 Å². The first-order valence-electron chi connectivity index (χ1n) is 12.8. The van der Waals surface area contributed by atoms with Gasteiger partial charge in [-0.05, 0) is 48.9 Å². The van der Waals surface area contributed by atoms with Crippen LogP contribution in [0, 0.1) is 11.2 Å². The van der Waals surface area contributed by atoms with Crippen molar-refractivity contribution < 1.29 is 9.13 Å². The number of nitrogens with two attached hydrogens (primary N) is 1. The minimum Gasteiger partial charge on any atom is -0.421 e. The number of rotatable bonds is 5. The monoisotopic (exact) mass is 500 g/mol. The first kappa shape index (κ1) is 22.4. The lowest BCUT2D eigenvalue weighted by Gasteiger charge is -2.21. The molecule has 10 heteroatoms. The zero-order chi connectivity index (χ0) is 25.3. The summed E-state index contributed by atoms with van der Waals surface area (Å²) in [6.45, 7) is 6.49. The van der Waals surface area contributed by atoms with Gasteiger partial charge in [0.25, 0.3) is 0 Å². The highest BCUT2D eigenvalue weighted by Gasteiger charge is 2.54. The Labute approximate surface area is 214 Å². The maximum absolute atomic E-state index is 14.6. The van der Waals surface area contributed by atoms with Crippen molar-refractivity contribution in [3.05, 3.63) is 53.9 Å². The maximum atomic E-state index is 14.6. The Morgan fingerprint density at radius 2 is 2.03 bits per heavy atom. The number of ether oxygens (including phenoxy) is 1. The number of anilines is 3. The SMILES string of the molecule is C=C1CCCN1c1ncc(Oc2nc3c(c(N4C[C@H](N)C5(CC5)C4)n2)-c2cc(F)cc(NC)c2C3)cn1. The van der Waals surface area contributed by atoms with Gasteiger partial charge in [-0.3, -0.25) is 0 Å². The zero-order valence-corrected chi connectivity index (χ0v) is 20.8.